The number of nitrogens with one attached hydrogen (secondary N) is 1. The second-order valence-corrected chi connectivity index (χ2v) is 6.31. The number of hydrogen-bond donors (Lipinski definition) is 1. The number of hydrogen-bond acceptors (Lipinski definition) is 4. The van der Waals surface area contributed by atoms with Crippen LogP contribution in [0.2, 0.25) is 0 Å². The van der Waals surface area contributed by atoms with Crippen molar-refractivity contribution in [1.29, 1.82) is 0 Å². The lowest BCUT2D eigenvalue weighted by Crippen LogP contribution is -2.26. The zero-order chi connectivity index (χ0) is 14.8. The first-order valence-corrected chi connectivity index (χ1v) is 7.93. The molecule has 0 aliphatic rings. The SMILES string of the molecule is CCCn1nccc1S(=O)(=O)NCc1cnn(C)c1C. The molecular weight excluding hydrogens is 278 g/mol. The zero-order valence-corrected chi connectivity index (χ0v) is 12.7. The predicted molar refractivity (Wildman–Crippen MR) is 74.5 cm³/mol. The molecule has 0 amide bonds. The van der Waals surface area contributed by atoms with Gasteiger partial charge in [-0.25, -0.2) is 13.1 Å². The molecule has 0 spiro atoms. The largest absolute Gasteiger partial charge is 0.273 e. The topological polar surface area (TPSA) is 81.8 Å². The summed E-state index contributed by atoms with van der Waals surface area (Å²) in [6, 6.07) is 1.51. The maximum absolute atomic E-state index is 12.3. The van der Waals surface area contributed by atoms with Gasteiger partial charge in [-0.2, -0.15) is 10.2 Å². The van der Waals surface area contributed by atoms with Gasteiger partial charge in [0.25, 0.3) is 10.0 Å². The van der Waals surface area contributed by atoms with Crippen LogP contribution in [0.3, 0.4) is 0 Å². The van der Waals surface area contributed by atoms with E-state index in [1.165, 1.54) is 16.9 Å². The smallest absolute Gasteiger partial charge is 0.258 e. The zero-order valence-electron chi connectivity index (χ0n) is 11.9. The molecule has 0 aromatic carbocycles. The standard InChI is InChI=1S/C12H19N5O2S/c1-4-7-17-12(5-6-13-17)20(18,19)15-9-11-8-14-16(3)10(11)2/h5-6,8,15H,4,7,9H2,1-3H3. The van der Waals surface area contributed by atoms with Crippen LogP contribution in [0.4, 0.5) is 0 Å². The lowest BCUT2D eigenvalue weighted by atomic mass is 10.3. The molecule has 0 atom stereocenters. The molecule has 0 radical (unpaired) electrons. The summed E-state index contributed by atoms with van der Waals surface area (Å²) in [6.45, 7) is 4.68. The van der Waals surface area contributed by atoms with E-state index in [9.17, 15) is 8.42 Å². The Morgan fingerprint density at radius 2 is 2.10 bits per heavy atom. The van der Waals surface area contributed by atoms with Crippen molar-refractivity contribution in [2.45, 2.75) is 38.4 Å². The molecule has 0 bridgehead atoms. The van der Waals surface area contributed by atoms with E-state index >= 15 is 0 Å². The van der Waals surface area contributed by atoms with Gasteiger partial charge in [0.2, 0.25) is 0 Å². The highest BCUT2D eigenvalue weighted by atomic mass is 32.2. The van der Waals surface area contributed by atoms with Gasteiger partial charge in [-0.3, -0.25) is 9.36 Å². The molecule has 20 heavy (non-hydrogen) atoms. The minimum atomic E-state index is -3.56. The lowest BCUT2D eigenvalue weighted by Gasteiger charge is -2.08. The molecule has 0 aliphatic heterocycles. The molecule has 2 aromatic rings. The van der Waals surface area contributed by atoms with Crippen LogP contribution in [0.15, 0.2) is 23.5 Å². The van der Waals surface area contributed by atoms with Crippen LogP contribution in [-0.2, 0) is 30.2 Å². The second kappa shape index (κ2) is 5.76. The molecule has 0 fully saturated rings. The highest BCUT2D eigenvalue weighted by molar-refractivity contribution is 7.89. The molecule has 1 N–H and O–H groups in total. The van der Waals surface area contributed by atoms with Crippen molar-refractivity contribution in [1.82, 2.24) is 24.3 Å². The van der Waals surface area contributed by atoms with E-state index in [0.29, 0.717) is 6.54 Å². The molecule has 2 heterocycles. The summed E-state index contributed by atoms with van der Waals surface area (Å²) >= 11 is 0. The summed E-state index contributed by atoms with van der Waals surface area (Å²) in [7, 11) is -1.74. The minimum absolute atomic E-state index is 0.195. The molecule has 2 rings (SSSR count). The quantitative estimate of drug-likeness (QED) is 0.855. The monoisotopic (exact) mass is 297 g/mol. The Morgan fingerprint density at radius 3 is 2.70 bits per heavy atom. The fraction of sp³-hybridized carbons (Fsp3) is 0.500. The van der Waals surface area contributed by atoms with E-state index in [1.54, 1.807) is 10.9 Å². The number of rotatable bonds is 6. The number of aryl methyl sites for hydroxylation is 2. The van der Waals surface area contributed by atoms with Crippen molar-refractivity contribution in [2.75, 3.05) is 0 Å². The first-order valence-electron chi connectivity index (χ1n) is 6.44. The van der Waals surface area contributed by atoms with E-state index in [0.717, 1.165) is 17.7 Å². The van der Waals surface area contributed by atoms with Gasteiger partial charge in [-0.05, 0) is 19.4 Å². The molecular formula is C12H19N5O2S. The van der Waals surface area contributed by atoms with Crippen LogP contribution < -0.4 is 4.72 Å². The van der Waals surface area contributed by atoms with E-state index in [-0.39, 0.29) is 11.6 Å². The highest BCUT2D eigenvalue weighted by Gasteiger charge is 2.19. The highest BCUT2D eigenvalue weighted by Crippen LogP contribution is 2.11. The van der Waals surface area contributed by atoms with Crippen molar-refractivity contribution in [3.63, 3.8) is 0 Å². The van der Waals surface area contributed by atoms with Gasteiger partial charge in [-0.15, -0.1) is 0 Å². The molecule has 0 saturated heterocycles. The van der Waals surface area contributed by atoms with Gasteiger partial charge in [0.05, 0.1) is 12.4 Å². The third-order valence-corrected chi connectivity index (χ3v) is 4.60. The maximum Gasteiger partial charge on any atom is 0.258 e. The Bertz CT molecular complexity index is 687. The Morgan fingerprint density at radius 1 is 1.35 bits per heavy atom. The van der Waals surface area contributed by atoms with Gasteiger partial charge < -0.3 is 0 Å². The van der Waals surface area contributed by atoms with Gasteiger partial charge in [0, 0.05) is 31.4 Å². The van der Waals surface area contributed by atoms with Gasteiger partial charge in [-0.1, -0.05) is 6.92 Å². The summed E-state index contributed by atoms with van der Waals surface area (Å²) in [6.07, 6.45) is 3.99. The molecule has 0 aliphatic carbocycles. The van der Waals surface area contributed by atoms with E-state index < -0.39 is 10.0 Å². The summed E-state index contributed by atoms with van der Waals surface area (Å²) in [4.78, 5) is 0. The molecule has 7 nitrogen and oxygen atoms in total. The number of sulfonamides is 1. The van der Waals surface area contributed by atoms with Crippen LogP contribution in [0.25, 0.3) is 0 Å². The summed E-state index contributed by atoms with van der Waals surface area (Å²) in [5.74, 6) is 0. The number of aromatic nitrogens is 4. The van der Waals surface area contributed by atoms with Gasteiger partial charge >= 0.3 is 0 Å². The molecule has 8 heteroatoms. The van der Waals surface area contributed by atoms with Gasteiger partial charge in [0.15, 0.2) is 5.03 Å². The van der Waals surface area contributed by atoms with Crippen molar-refractivity contribution in [2.24, 2.45) is 7.05 Å². The third-order valence-electron chi connectivity index (χ3n) is 3.18. The van der Waals surface area contributed by atoms with Crippen LogP contribution in [-0.4, -0.2) is 28.0 Å². The van der Waals surface area contributed by atoms with Crippen LogP contribution in [0.5, 0.6) is 0 Å². The van der Waals surface area contributed by atoms with Crippen molar-refractivity contribution in [3.05, 3.63) is 29.7 Å². The first kappa shape index (κ1) is 14.7. The average Bonchev–Trinajstić information content (AvgIpc) is 2.98. The Balaban J connectivity index is 2.15. The van der Waals surface area contributed by atoms with E-state index in [4.69, 9.17) is 0 Å². The molecule has 0 unspecified atom stereocenters. The first-order chi connectivity index (χ1) is 9.45. The van der Waals surface area contributed by atoms with Crippen molar-refractivity contribution in [3.8, 4) is 0 Å². The third kappa shape index (κ3) is 2.91. The summed E-state index contributed by atoms with van der Waals surface area (Å²) < 4.78 is 30.4. The lowest BCUT2D eigenvalue weighted by molar-refractivity contribution is 0.523. The van der Waals surface area contributed by atoms with Crippen LogP contribution >= 0.6 is 0 Å². The van der Waals surface area contributed by atoms with Crippen LogP contribution in [0.1, 0.15) is 24.6 Å². The van der Waals surface area contributed by atoms with Crippen molar-refractivity contribution >= 4 is 10.0 Å². The Kier molecular flexibility index (Phi) is 4.24. The number of nitrogens with zero attached hydrogens (tertiary/aromatic N) is 4. The summed E-state index contributed by atoms with van der Waals surface area (Å²) in [5.41, 5.74) is 1.80. The Labute approximate surface area is 118 Å². The van der Waals surface area contributed by atoms with Gasteiger partial charge in [0.1, 0.15) is 0 Å². The molecule has 110 valence electrons. The predicted octanol–water partition coefficient (Wildman–Crippen LogP) is 0.814. The van der Waals surface area contributed by atoms with Crippen molar-refractivity contribution < 1.29 is 8.42 Å². The summed E-state index contributed by atoms with van der Waals surface area (Å²) in [5, 5.41) is 8.32. The molecule has 0 saturated carbocycles. The molecule has 2 aromatic heterocycles. The fourth-order valence-corrected chi connectivity index (χ4v) is 3.04. The maximum atomic E-state index is 12.3. The fourth-order valence-electron chi connectivity index (χ4n) is 1.89. The Hall–Kier alpha value is -1.67. The normalized spacial score (nSPS) is 11.9. The minimum Gasteiger partial charge on any atom is -0.273 e. The van der Waals surface area contributed by atoms with E-state index in [1.807, 2.05) is 20.9 Å². The van der Waals surface area contributed by atoms with Crippen LogP contribution in [0, 0.1) is 6.92 Å². The second-order valence-electron chi connectivity index (χ2n) is 4.60. The van der Waals surface area contributed by atoms with E-state index in [2.05, 4.69) is 14.9 Å². The average molecular weight is 297 g/mol.